The number of halogens is 2. The number of alkyl halides is 2. The predicted molar refractivity (Wildman–Crippen MR) is 52.0 cm³/mol. The topological polar surface area (TPSA) is 0 Å². The van der Waals surface area contributed by atoms with Crippen LogP contribution in [0.15, 0.2) is 0 Å². The van der Waals surface area contributed by atoms with E-state index in [0.717, 1.165) is 10.2 Å². The van der Waals surface area contributed by atoms with Crippen molar-refractivity contribution in [3.05, 3.63) is 0 Å². The standard InChI is InChI=1S/C6H6Cl.C5H4Cl.Fe/c7-5-6-3-1-2-4-6;6-5-3-1-2-4-5;/h1-4H,5H2;1-4H;. The molecule has 10 aliphatic rings. The monoisotopic (exact) mass is 268 g/mol. The molecular weight excluding hydrogens is 259 g/mol. The first-order valence-corrected chi connectivity index (χ1v) is 13.1. The van der Waals surface area contributed by atoms with Gasteiger partial charge in [0.25, 0.3) is 0 Å². The van der Waals surface area contributed by atoms with Crippen molar-refractivity contribution >= 4 is 23.2 Å². The first-order chi connectivity index (χ1) is 6.49. The second kappa shape index (κ2) is 0.350. The third-order valence-electron chi connectivity index (χ3n) is 15.1. The van der Waals surface area contributed by atoms with Gasteiger partial charge in [0, 0.05) is 0 Å². The van der Waals surface area contributed by atoms with Crippen LogP contribution in [0.3, 0.4) is 0 Å². The molecule has 8 unspecified atom stereocenters. The molecule has 10 saturated heterocycles. The van der Waals surface area contributed by atoms with Gasteiger partial charge < -0.3 is 0 Å². The molecule has 1 spiro atoms. The van der Waals surface area contributed by atoms with Gasteiger partial charge in [0.1, 0.15) is 0 Å². The molecule has 76 valence electrons. The fourth-order valence-electron chi connectivity index (χ4n) is 17.1. The Labute approximate surface area is 82.0 Å². The Bertz CT molecular complexity index is 924. The van der Waals surface area contributed by atoms with Crippen molar-refractivity contribution in [1.82, 2.24) is 0 Å². The average Bonchev–Trinajstić information content (AvgIpc) is 3.10. The molecule has 0 aromatic carbocycles. The normalized spacial score (nSPS) is 148. The van der Waals surface area contributed by atoms with Gasteiger partial charge in [-0.15, -0.1) is 0 Å². The van der Waals surface area contributed by atoms with E-state index in [-0.39, 0.29) is 0 Å². The average molecular weight is 269 g/mol. The molecule has 0 aromatic heterocycles. The van der Waals surface area contributed by atoms with Crippen molar-refractivity contribution in [2.45, 2.75) is 46.6 Å². The Morgan fingerprint density at radius 2 is 1.43 bits per heavy atom. The van der Waals surface area contributed by atoms with Crippen LogP contribution in [0, 0.1) is 0 Å². The van der Waals surface area contributed by atoms with Crippen molar-refractivity contribution in [1.29, 1.82) is 0 Å². The Hall–Kier alpha value is 1.10. The predicted octanol–water partition coefficient (Wildman–Crippen LogP) is 4.13. The van der Waals surface area contributed by atoms with Gasteiger partial charge in [-0.3, -0.25) is 0 Å². The molecule has 10 fully saturated rings. The van der Waals surface area contributed by atoms with Crippen LogP contribution in [-0.4, -0.2) is 9.65 Å². The van der Waals surface area contributed by atoms with E-state index in [1.165, 1.54) is 38.5 Å². The van der Waals surface area contributed by atoms with Gasteiger partial charge in [-0.25, -0.2) is 0 Å². The van der Waals surface area contributed by atoms with Gasteiger partial charge in [0.15, 0.2) is 0 Å². The summed E-state index contributed by atoms with van der Waals surface area (Å²) in [5, 5.41) is 0. The molecule has 0 amide bonds. The van der Waals surface area contributed by atoms with E-state index >= 15 is 0 Å². The van der Waals surface area contributed by atoms with Crippen LogP contribution in [0.2, 0.25) is 42.8 Å². The third-order valence-corrected chi connectivity index (χ3v) is 62.1. The van der Waals surface area contributed by atoms with Crippen LogP contribution in [0.5, 0.6) is 0 Å². The van der Waals surface area contributed by atoms with Gasteiger partial charge in [-0.1, -0.05) is 0 Å². The summed E-state index contributed by atoms with van der Waals surface area (Å²) in [5.74, 6) is 1.05. The van der Waals surface area contributed by atoms with E-state index in [0.29, 0.717) is 3.77 Å². The second-order valence-corrected chi connectivity index (χ2v) is 34.5. The summed E-state index contributed by atoms with van der Waals surface area (Å²) < 4.78 is 1.38. The molecule has 10 rings (SSSR count). The quantitative estimate of drug-likeness (QED) is 0.496. The number of fused-ring (bicyclic) bond motifs is 10. The summed E-state index contributed by atoms with van der Waals surface area (Å²) in [6.07, 6.45) is 0. The minimum atomic E-state index is -3.04. The van der Waals surface area contributed by atoms with Gasteiger partial charge in [-0.2, -0.15) is 0 Å². The summed E-state index contributed by atoms with van der Waals surface area (Å²) in [5.41, 5.74) is 0. The second-order valence-electron chi connectivity index (χ2n) is 9.97. The molecule has 3 heteroatoms. The zero-order valence-corrected chi connectivity index (χ0v) is 10.1. The van der Waals surface area contributed by atoms with Crippen molar-refractivity contribution in [3.8, 4) is 0 Å². The van der Waals surface area contributed by atoms with Crippen LogP contribution < -0.4 is 0 Å². The first kappa shape index (κ1) is 5.17. The van der Waals surface area contributed by atoms with Gasteiger partial charge in [0.2, 0.25) is 0 Å². The molecular formula is C11H10Cl2Fe. The van der Waals surface area contributed by atoms with Gasteiger partial charge in [0.05, 0.1) is 0 Å². The molecule has 14 heavy (non-hydrogen) atoms. The molecule has 0 nitrogen and oxygen atoms in total. The van der Waals surface area contributed by atoms with Gasteiger partial charge in [-0.05, 0) is 0 Å². The molecule has 10 heterocycles. The molecule has 10 aliphatic heterocycles. The molecule has 0 radical (unpaired) electrons. The van der Waals surface area contributed by atoms with E-state index < -0.39 is 6.51 Å². The minimum absolute atomic E-state index is 0.545. The van der Waals surface area contributed by atoms with E-state index in [4.69, 9.17) is 23.2 Å². The Kier molecular flexibility index (Phi) is 0.129. The molecule has 0 aromatic rings. The Morgan fingerprint density at radius 3 is 1.50 bits per heavy atom. The van der Waals surface area contributed by atoms with Crippen LogP contribution >= 0.6 is 23.2 Å². The summed E-state index contributed by atoms with van der Waals surface area (Å²) in [6.45, 7) is -3.04. The van der Waals surface area contributed by atoms with Crippen LogP contribution in [0.25, 0.3) is 0 Å². The van der Waals surface area contributed by atoms with Crippen molar-refractivity contribution in [2.75, 3.05) is 5.88 Å². The molecule has 0 bridgehead atoms. The first-order valence-electron chi connectivity index (χ1n) is 5.95. The summed E-state index contributed by atoms with van der Waals surface area (Å²) in [4.78, 5) is 10.2. The fraction of sp³-hybridized carbons (Fsp3) is 1.00. The van der Waals surface area contributed by atoms with Crippen molar-refractivity contribution in [3.63, 3.8) is 0 Å². The van der Waals surface area contributed by atoms with E-state index in [9.17, 15) is 0 Å². The zero-order valence-electron chi connectivity index (χ0n) is 7.44. The summed E-state index contributed by atoms with van der Waals surface area (Å²) in [6, 6.07) is 0. The van der Waals surface area contributed by atoms with E-state index in [2.05, 4.69) is 0 Å². The van der Waals surface area contributed by atoms with Gasteiger partial charge >= 0.3 is 82.2 Å². The zero-order chi connectivity index (χ0) is 8.64. The molecule has 0 N–H and O–H groups in total. The Balaban J connectivity index is 2.01. The maximum absolute atomic E-state index is 7.19. The van der Waals surface area contributed by atoms with Crippen LogP contribution in [0.1, 0.15) is 0 Å². The molecule has 8 atom stereocenters. The Morgan fingerprint density at radius 1 is 0.929 bits per heavy atom. The number of hydrogen-bond acceptors (Lipinski definition) is 0. The fourth-order valence-corrected chi connectivity index (χ4v) is 99.8. The number of hydrogen-bond donors (Lipinski definition) is 0. The van der Waals surface area contributed by atoms with Crippen LogP contribution in [0.4, 0.5) is 0 Å². The number of rotatable bonds is 1. The van der Waals surface area contributed by atoms with E-state index in [1.54, 1.807) is 0 Å². The van der Waals surface area contributed by atoms with E-state index in [1.807, 2.05) is 0 Å². The maximum atomic E-state index is 7.19. The third kappa shape index (κ3) is 0.0362. The summed E-state index contributed by atoms with van der Waals surface area (Å²) >= 11 is 13.6. The molecule has 0 saturated carbocycles. The SMILES string of the molecule is ClC[C]12[CH]3[CH]4[CH]5[CH]1[Fe]45321678[CH]2[CH]1[CH]6[C]7(Cl)[CH]28. The summed E-state index contributed by atoms with van der Waals surface area (Å²) in [7, 11) is 0. The van der Waals surface area contributed by atoms with Crippen molar-refractivity contribution < 1.29 is 6.51 Å². The van der Waals surface area contributed by atoms with Crippen LogP contribution in [-0.2, 0) is 6.51 Å². The molecule has 0 aliphatic carbocycles. The van der Waals surface area contributed by atoms with Crippen molar-refractivity contribution in [2.24, 2.45) is 0 Å².